The molecule has 1 aromatic rings. The van der Waals surface area contributed by atoms with Gasteiger partial charge in [0.25, 0.3) is 0 Å². The fraction of sp³-hybridized carbons (Fsp3) is 0.571. The van der Waals surface area contributed by atoms with Crippen molar-refractivity contribution in [2.45, 2.75) is 37.5 Å². The Bertz CT molecular complexity index is 314. The summed E-state index contributed by atoms with van der Waals surface area (Å²) in [5.74, 6) is 1.56. The molecule has 0 bridgehead atoms. The summed E-state index contributed by atoms with van der Waals surface area (Å²) in [7, 11) is 1.69. The highest BCUT2D eigenvalue weighted by molar-refractivity contribution is 6.21. The highest BCUT2D eigenvalue weighted by Crippen LogP contribution is 2.38. The number of halogens is 1. The van der Waals surface area contributed by atoms with Crippen molar-refractivity contribution < 1.29 is 4.74 Å². The molecule has 1 saturated carbocycles. The summed E-state index contributed by atoms with van der Waals surface area (Å²) in [4.78, 5) is 0. The molecule has 1 nitrogen and oxygen atoms in total. The Kier molecular flexibility index (Phi) is 4.11. The standard InChI is InChI=1S/C14H19ClO/c1-16-13-9-7-12(8-10-13)14(15)11-5-3-2-4-6-11/h7-11,14H,2-6H2,1H3. The van der Waals surface area contributed by atoms with E-state index in [1.54, 1.807) is 7.11 Å². The van der Waals surface area contributed by atoms with Gasteiger partial charge in [-0.1, -0.05) is 31.4 Å². The first kappa shape index (κ1) is 11.8. The number of alkyl halides is 1. The van der Waals surface area contributed by atoms with Gasteiger partial charge in [0.15, 0.2) is 0 Å². The summed E-state index contributed by atoms with van der Waals surface area (Å²) >= 11 is 6.54. The van der Waals surface area contributed by atoms with Crippen LogP contribution in [0.4, 0.5) is 0 Å². The third-order valence-electron chi connectivity index (χ3n) is 3.50. The molecule has 1 atom stereocenters. The van der Waals surface area contributed by atoms with E-state index in [9.17, 15) is 0 Å². The van der Waals surface area contributed by atoms with E-state index in [1.165, 1.54) is 37.7 Å². The molecular formula is C14H19ClO. The molecule has 1 aliphatic carbocycles. The van der Waals surface area contributed by atoms with Crippen LogP contribution in [0.1, 0.15) is 43.0 Å². The normalized spacial score (nSPS) is 19.4. The van der Waals surface area contributed by atoms with Crippen LogP contribution in [-0.2, 0) is 0 Å². The minimum atomic E-state index is 0.172. The Hall–Kier alpha value is -0.690. The van der Waals surface area contributed by atoms with Gasteiger partial charge in [-0.2, -0.15) is 0 Å². The van der Waals surface area contributed by atoms with Crippen molar-refractivity contribution in [3.8, 4) is 5.75 Å². The summed E-state index contributed by atoms with van der Waals surface area (Å²) < 4.78 is 5.15. The third kappa shape index (κ3) is 2.70. The van der Waals surface area contributed by atoms with Gasteiger partial charge in [-0.3, -0.25) is 0 Å². The number of hydrogen-bond acceptors (Lipinski definition) is 1. The van der Waals surface area contributed by atoms with Crippen LogP contribution in [-0.4, -0.2) is 7.11 Å². The average Bonchev–Trinajstić information content (AvgIpc) is 2.39. The average molecular weight is 239 g/mol. The van der Waals surface area contributed by atoms with Crippen molar-refractivity contribution in [2.75, 3.05) is 7.11 Å². The lowest BCUT2D eigenvalue weighted by atomic mass is 9.84. The molecule has 0 spiro atoms. The lowest BCUT2D eigenvalue weighted by Gasteiger charge is -2.26. The molecule has 0 radical (unpaired) electrons. The van der Waals surface area contributed by atoms with E-state index in [2.05, 4.69) is 12.1 Å². The van der Waals surface area contributed by atoms with E-state index >= 15 is 0 Å². The summed E-state index contributed by atoms with van der Waals surface area (Å²) in [6.07, 6.45) is 6.61. The van der Waals surface area contributed by atoms with Crippen LogP contribution in [0.25, 0.3) is 0 Å². The maximum atomic E-state index is 6.54. The van der Waals surface area contributed by atoms with Gasteiger partial charge in [-0.25, -0.2) is 0 Å². The molecule has 2 heteroatoms. The zero-order valence-electron chi connectivity index (χ0n) is 9.79. The van der Waals surface area contributed by atoms with Crippen LogP contribution in [0.2, 0.25) is 0 Å². The summed E-state index contributed by atoms with van der Waals surface area (Å²) in [6.45, 7) is 0. The zero-order chi connectivity index (χ0) is 11.4. The van der Waals surface area contributed by atoms with E-state index in [4.69, 9.17) is 16.3 Å². The Morgan fingerprint density at radius 2 is 1.75 bits per heavy atom. The first-order valence-electron chi connectivity index (χ1n) is 6.09. The van der Waals surface area contributed by atoms with E-state index < -0.39 is 0 Å². The molecular weight excluding hydrogens is 220 g/mol. The molecule has 1 aliphatic rings. The predicted octanol–water partition coefficient (Wildman–Crippen LogP) is 4.56. The number of methoxy groups -OCH3 is 1. The van der Waals surface area contributed by atoms with Crippen molar-refractivity contribution in [1.82, 2.24) is 0 Å². The number of rotatable bonds is 3. The quantitative estimate of drug-likeness (QED) is 0.702. The van der Waals surface area contributed by atoms with E-state index in [-0.39, 0.29) is 5.38 Å². The van der Waals surface area contributed by atoms with Gasteiger partial charge in [-0.05, 0) is 36.5 Å². The molecule has 0 aromatic heterocycles. The number of ether oxygens (including phenoxy) is 1. The smallest absolute Gasteiger partial charge is 0.118 e. The van der Waals surface area contributed by atoms with Crippen LogP contribution in [0.15, 0.2) is 24.3 Å². The molecule has 0 amide bonds. The Balaban J connectivity index is 2.04. The van der Waals surface area contributed by atoms with Crippen LogP contribution in [0, 0.1) is 5.92 Å². The zero-order valence-corrected chi connectivity index (χ0v) is 10.5. The van der Waals surface area contributed by atoms with Gasteiger partial charge < -0.3 is 4.74 Å². The first-order valence-corrected chi connectivity index (χ1v) is 6.53. The molecule has 88 valence electrons. The molecule has 0 N–H and O–H groups in total. The molecule has 0 aliphatic heterocycles. The lowest BCUT2D eigenvalue weighted by Crippen LogP contribution is -2.12. The Labute approximate surface area is 103 Å². The Morgan fingerprint density at radius 1 is 1.12 bits per heavy atom. The monoisotopic (exact) mass is 238 g/mol. The summed E-state index contributed by atoms with van der Waals surface area (Å²) in [6, 6.07) is 8.16. The predicted molar refractivity (Wildman–Crippen MR) is 68.2 cm³/mol. The lowest BCUT2D eigenvalue weighted by molar-refractivity contribution is 0.348. The SMILES string of the molecule is COc1ccc(C(Cl)C2CCCCC2)cc1. The van der Waals surface area contributed by atoms with Gasteiger partial charge in [0, 0.05) is 0 Å². The minimum Gasteiger partial charge on any atom is -0.497 e. The molecule has 1 fully saturated rings. The second-order valence-electron chi connectivity index (χ2n) is 4.57. The fourth-order valence-corrected chi connectivity index (χ4v) is 2.88. The van der Waals surface area contributed by atoms with Crippen molar-refractivity contribution >= 4 is 11.6 Å². The molecule has 2 rings (SSSR count). The van der Waals surface area contributed by atoms with Gasteiger partial charge in [0.2, 0.25) is 0 Å². The van der Waals surface area contributed by atoms with Crippen molar-refractivity contribution in [1.29, 1.82) is 0 Å². The highest BCUT2D eigenvalue weighted by atomic mass is 35.5. The van der Waals surface area contributed by atoms with E-state index in [1.807, 2.05) is 12.1 Å². The maximum Gasteiger partial charge on any atom is 0.118 e. The van der Waals surface area contributed by atoms with Crippen molar-refractivity contribution in [2.24, 2.45) is 5.92 Å². The second-order valence-corrected chi connectivity index (χ2v) is 5.04. The largest absolute Gasteiger partial charge is 0.497 e. The molecule has 1 aromatic carbocycles. The van der Waals surface area contributed by atoms with E-state index in [0.29, 0.717) is 5.92 Å². The fourth-order valence-electron chi connectivity index (χ4n) is 2.49. The minimum absolute atomic E-state index is 0.172. The van der Waals surface area contributed by atoms with Crippen LogP contribution in [0.3, 0.4) is 0 Å². The second kappa shape index (κ2) is 5.58. The van der Waals surface area contributed by atoms with Crippen LogP contribution in [0.5, 0.6) is 5.75 Å². The molecule has 0 saturated heterocycles. The summed E-state index contributed by atoms with van der Waals surface area (Å²) in [5, 5.41) is 0.172. The van der Waals surface area contributed by atoms with Crippen molar-refractivity contribution in [3.05, 3.63) is 29.8 Å². The summed E-state index contributed by atoms with van der Waals surface area (Å²) in [5.41, 5.74) is 1.23. The molecule has 0 heterocycles. The maximum absolute atomic E-state index is 6.54. The van der Waals surface area contributed by atoms with Gasteiger partial charge in [0.05, 0.1) is 12.5 Å². The first-order chi connectivity index (χ1) is 7.81. The molecule has 1 unspecified atom stereocenters. The van der Waals surface area contributed by atoms with Crippen molar-refractivity contribution in [3.63, 3.8) is 0 Å². The Morgan fingerprint density at radius 3 is 2.31 bits per heavy atom. The van der Waals surface area contributed by atoms with Crippen LogP contribution >= 0.6 is 11.6 Å². The third-order valence-corrected chi connectivity index (χ3v) is 4.11. The number of benzene rings is 1. The van der Waals surface area contributed by atoms with Gasteiger partial charge in [-0.15, -0.1) is 11.6 Å². The van der Waals surface area contributed by atoms with E-state index in [0.717, 1.165) is 5.75 Å². The molecule has 16 heavy (non-hydrogen) atoms. The van der Waals surface area contributed by atoms with Gasteiger partial charge >= 0.3 is 0 Å². The van der Waals surface area contributed by atoms with Crippen LogP contribution < -0.4 is 4.74 Å². The number of hydrogen-bond donors (Lipinski definition) is 0. The topological polar surface area (TPSA) is 9.23 Å². The highest BCUT2D eigenvalue weighted by Gasteiger charge is 2.22. The van der Waals surface area contributed by atoms with Gasteiger partial charge in [0.1, 0.15) is 5.75 Å².